The van der Waals surface area contributed by atoms with Crippen molar-refractivity contribution in [2.24, 2.45) is 0 Å². The molecule has 3 unspecified atom stereocenters. The molecule has 12 aromatic carbocycles. The molecule has 0 bridgehead atoms. The quantitative estimate of drug-likeness (QED) is 0.0357. The van der Waals surface area contributed by atoms with Gasteiger partial charge in [-0.25, -0.2) is 0 Å². The molecule has 0 spiro atoms. The van der Waals surface area contributed by atoms with Gasteiger partial charge in [-0.1, -0.05) is 218 Å². The van der Waals surface area contributed by atoms with Gasteiger partial charge >= 0.3 is 0 Å². The number of carbonyl (C=O) groups excluding carboxylic acids is 1. The Bertz CT molecular complexity index is 4030. The average Bonchev–Trinajstić information content (AvgIpc) is 3.45. The standard InChI is InChI=1S/C66H46O6Si/c67-60-56(54-47-33-17-15-31-45(47)53(39-21-5-1-6-22-39)46-32-16-18-34-48(46)54)62(69)64(71)59-58(60)65(72)63(70)57(61(59)68)55-49-35-19-20-36-50(49)66(52-38-41-24-14-13-23-40(41)37-51(52)55)73(42-25-7-2-8-26-42,43-27-9-3-10-28-43)44-29-11-4-12-30-44/h1-38,56,60,62,67-70,72H. The first-order valence-corrected chi connectivity index (χ1v) is 26.5. The van der Waals surface area contributed by atoms with Gasteiger partial charge < -0.3 is 25.5 Å². The van der Waals surface area contributed by atoms with Crippen LogP contribution in [0.3, 0.4) is 0 Å². The molecule has 7 heteroatoms. The molecule has 0 aliphatic heterocycles. The van der Waals surface area contributed by atoms with Crippen molar-refractivity contribution in [2.75, 3.05) is 0 Å². The number of aliphatic hydroxyl groups is 2. The van der Waals surface area contributed by atoms with Gasteiger partial charge in [0.1, 0.15) is 11.9 Å². The summed E-state index contributed by atoms with van der Waals surface area (Å²) in [7, 11) is -3.33. The van der Waals surface area contributed by atoms with Crippen LogP contribution in [0.2, 0.25) is 0 Å². The van der Waals surface area contributed by atoms with Crippen LogP contribution in [0.25, 0.3) is 76.1 Å². The highest BCUT2D eigenvalue weighted by molar-refractivity contribution is 7.21. The molecule has 12 aromatic rings. The topological polar surface area (TPSA) is 118 Å². The Morgan fingerprint density at radius 3 is 1.25 bits per heavy atom. The fraction of sp³-hybridized carbons (Fsp3) is 0.0455. The van der Waals surface area contributed by atoms with Crippen molar-refractivity contribution in [1.82, 2.24) is 0 Å². The number of hydrogen-bond donors (Lipinski definition) is 5. The van der Waals surface area contributed by atoms with Gasteiger partial charge in [-0.15, -0.1) is 0 Å². The van der Waals surface area contributed by atoms with Gasteiger partial charge in [-0.05, 0) is 103 Å². The van der Waals surface area contributed by atoms with Crippen molar-refractivity contribution >= 4 is 88.5 Å². The Hall–Kier alpha value is -8.85. The number of phenolic OH excluding ortho intramolecular Hbond substituents is 3. The molecule has 1 aliphatic rings. The molecule has 0 fully saturated rings. The van der Waals surface area contributed by atoms with E-state index in [1.165, 1.54) is 0 Å². The van der Waals surface area contributed by atoms with Gasteiger partial charge in [-0.2, -0.15) is 0 Å². The number of phenols is 3. The normalized spacial score (nSPS) is 15.9. The summed E-state index contributed by atoms with van der Waals surface area (Å²) in [5.74, 6) is -4.30. The van der Waals surface area contributed by atoms with E-state index in [9.17, 15) is 25.5 Å². The van der Waals surface area contributed by atoms with Crippen LogP contribution in [0.1, 0.15) is 33.5 Å². The Morgan fingerprint density at radius 2 is 0.740 bits per heavy atom. The lowest BCUT2D eigenvalue weighted by molar-refractivity contribution is 0.0326. The Balaban J connectivity index is 1.11. The maximum atomic E-state index is 15.2. The highest BCUT2D eigenvalue weighted by atomic mass is 28.3. The van der Waals surface area contributed by atoms with Gasteiger partial charge in [-0.3, -0.25) is 4.79 Å². The number of benzene rings is 12. The molecule has 5 N–H and O–H groups in total. The third kappa shape index (κ3) is 6.46. The summed E-state index contributed by atoms with van der Waals surface area (Å²) >= 11 is 0. The number of hydrogen-bond acceptors (Lipinski definition) is 6. The van der Waals surface area contributed by atoms with Crippen LogP contribution in [0.15, 0.2) is 231 Å². The summed E-state index contributed by atoms with van der Waals surface area (Å²) in [6, 6.07) is 77.5. The first kappa shape index (κ1) is 44.1. The van der Waals surface area contributed by atoms with Crippen molar-refractivity contribution in [2.45, 2.75) is 18.1 Å². The van der Waals surface area contributed by atoms with Gasteiger partial charge in [0, 0.05) is 17.0 Å². The molecule has 13 rings (SSSR count). The van der Waals surface area contributed by atoms with Gasteiger partial charge in [0.15, 0.2) is 25.4 Å². The summed E-state index contributed by atoms with van der Waals surface area (Å²) in [6.07, 6.45) is -3.62. The lowest BCUT2D eigenvalue weighted by atomic mass is 9.71. The van der Waals surface area contributed by atoms with E-state index in [1.54, 1.807) is 0 Å². The van der Waals surface area contributed by atoms with E-state index < -0.39 is 54.8 Å². The monoisotopic (exact) mass is 962 g/mol. The summed E-state index contributed by atoms with van der Waals surface area (Å²) in [5.41, 5.74) is 1.85. The number of fused-ring (bicyclic) bond motifs is 6. The van der Waals surface area contributed by atoms with Crippen LogP contribution in [-0.2, 0) is 0 Å². The van der Waals surface area contributed by atoms with Crippen molar-refractivity contribution in [1.29, 1.82) is 0 Å². The predicted octanol–water partition coefficient (Wildman–Crippen LogP) is 11.7. The minimum atomic E-state index is -3.33. The Kier molecular flexibility index (Phi) is 10.4. The number of rotatable bonds is 7. The van der Waals surface area contributed by atoms with Gasteiger partial charge in [0.05, 0.1) is 17.2 Å². The lowest BCUT2D eigenvalue weighted by Gasteiger charge is -2.37. The van der Waals surface area contributed by atoms with Crippen molar-refractivity contribution in [3.63, 3.8) is 0 Å². The number of aromatic hydroxyl groups is 3. The summed E-state index contributed by atoms with van der Waals surface area (Å²) in [5, 5.41) is 76.1. The van der Waals surface area contributed by atoms with E-state index in [0.717, 1.165) is 64.2 Å². The summed E-state index contributed by atoms with van der Waals surface area (Å²) in [6.45, 7) is 0. The second kappa shape index (κ2) is 17.2. The number of aliphatic hydroxyl groups excluding tert-OH is 2. The SMILES string of the molecule is O=C1c2c(O)c(-c3c4ccccc4c([Si](c4ccccc4)(c4ccccc4)c4ccccc4)c4cc5ccccc5cc34)c(O)c(O)c2C(O)C(c2c3ccccc3c(-c3ccccc3)c3ccccc23)C1O. The third-order valence-corrected chi connectivity index (χ3v) is 20.3. The predicted molar refractivity (Wildman–Crippen MR) is 298 cm³/mol. The highest BCUT2D eigenvalue weighted by Crippen LogP contribution is 2.58. The molecule has 0 saturated heterocycles. The van der Waals surface area contributed by atoms with Crippen molar-refractivity contribution in [3.8, 4) is 39.5 Å². The molecule has 73 heavy (non-hydrogen) atoms. The zero-order valence-corrected chi connectivity index (χ0v) is 40.3. The fourth-order valence-electron chi connectivity index (χ4n) is 12.5. The molecule has 3 atom stereocenters. The molecule has 0 radical (unpaired) electrons. The Labute approximate surface area is 421 Å². The number of ketones is 1. The minimum absolute atomic E-state index is 0.181. The first-order valence-electron chi connectivity index (χ1n) is 24.5. The zero-order chi connectivity index (χ0) is 49.5. The van der Waals surface area contributed by atoms with Crippen molar-refractivity contribution < 1.29 is 30.3 Å². The number of Topliss-reactive ketones (excluding diaryl/α,β-unsaturated/α-hetero) is 1. The van der Waals surface area contributed by atoms with Crippen LogP contribution >= 0.6 is 0 Å². The van der Waals surface area contributed by atoms with Gasteiger partial charge in [0.2, 0.25) is 0 Å². The summed E-state index contributed by atoms with van der Waals surface area (Å²) < 4.78 is 0. The van der Waals surface area contributed by atoms with Crippen molar-refractivity contribution in [3.05, 3.63) is 247 Å². The van der Waals surface area contributed by atoms with Crippen LogP contribution in [-0.4, -0.2) is 45.5 Å². The molecule has 6 nitrogen and oxygen atoms in total. The van der Waals surface area contributed by atoms with Crippen LogP contribution in [0.5, 0.6) is 17.2 Å². The van der Waals surface area contributed by atoms with E-state index in [0.29, 0.717) is 32.7 Å². The van der Waals surface area contributed by atoms with Gasteiger partial charge in [0.25, 0.3) is 0 Å². The van der Waals surface area contributed by atoms with Crippen LogP contribution in [0.4, 0.5) is 0 Å². The fourth-order valence-corrected chi connectivity index (χ4v) is 17.6. The zero-order valence-electron chi connectivity index (χ0n) is 39.3. The second-order valence-electron chi connectivity index (χ2n) is 19.1. The number of carbonyl (C=O) groups is 1. The largest absolute Gasteiger partial charge is 0.506 e. The molecule has 350 valence electrons. The third-order valence-electron chi connectivity index (χ3n) is 15.5. The lowest BCUT2D eigenvalue weighted by Crippen LogP contribution is -2.75. The van der Waals surface area contributed by atoms with E-state index in [1.807, 2.05) is 133 Å². The van der Waals surface area contributed by atoms with Crippen LogP contribution < -0.4 is 20.7 Å². The van der Waals surface area contributed by atoms with E-state index >= 15 is 4.79 Å². The second-order valence-corrected chi connectivity index (χ2v) is 22.9. The molecule has 0 saturated carbocycles. The highest BCUT2D eigenvalue weighted by Gasteiger charge is 2.49. The molecule has 0 aromatic heterocycles. The van der Waals surface area contributed by atoms with E-state index in [2.05, 4.69) is 97.1 Å². The smallest absolute Gasteiger partial charge is 0.196 e. The van der Waals surface area contributed by atoms with E-state index in [-0.39, 0.29) is 11.1 Å². The molecule has 1 aliphatic carbocycles. The minimum Gasteiger partial charge on any atom is -0.506 e. The molecule has 0 heterocycles. The maximum Gasteiger partial charge on any atom is 0.196 e. The molecular weight excluding hydrogens is 917 g/mol. The van der Waals surface area contributed by atoms with E-state index in [4.69, 9.17) is 0 Å². The molecule has 0 amide bonds. The maximum absolute atomic E-state index is 15.2. The Morgan fingerprint density at radius 1 is 0.329 bits per heavy atom. The average molecular weight is 963 g/mol. The van der Waals surface area contributed by atoms with Crippen LogP contribution in [0, 0.1) is 0 Å². The summed E-state index contributed by atoms with van der Waals surface area (Å²) in [4.78, 5) is 15.2. The molecular formula is C66H46O6Si. The first-order chi connectivity index (χ1) is 35.8.